The molecule has 148 valence electrons. The van der Waals surface area contributed by atoms with Crippen molar-refractivity contribution in [1.29, 1.82) is 0 Å². The number of ether oxygens (including phenoxy) is 2. The summed E-state index contributed by atoms with van der Waals surface area (Å²) in [7, 11) is 0. The quantitative estimate of drug-likeness (QED) is 0.422. The van der Waals surface area contributed by atoms with Gasteiger partial charge in [-0.1, -0.05) is 35.9 Å². The Labute approximate surface area is 169 Å². The highest BCUT2D eigenvalue weighted by molar-refractivity contribution is 6.32. The monoisotopic (exact) mass is 416 g/mol. The van der Waals surface area contributed by atoms with Crippen LogP contribution in [0.3, 0.4) is 0 Å². The molecule has 0 atom stereocenters. The zero-order valence-corrected chi connectivity index (χ0v) is 15.6. The number of para-hydroxylation sites is 3. The van der Waals surface area contributed by atoms with Crippen LogP contribution >= 0.6 is 11.6 Å². The molecule has 7 nitrogen and oxygen atoms in total. The molecule has 0 aromatic heterocycles. The molecule has 0 bridgehead atoms. The fourth-order valence-electron chi connectivity index (χ4n) is 2.37. The Morgan fingerprint density at radius 2 is 1.76 bits per heavy atom. The summed E-state index contributed by atoms with van der Waals surface area (Å²) >= 11 is 6.09. The summed E-state index contributed by atoms with van der Waals surface area (Å²) in [6.45, 7) is -0.433. The number of halogens is 2. The number of nitro groups is 1. The third kappa shape index (κ3) is 5.20. The van der Waals surface area contributed by atoms with Crippen molar-refractivity contribution in [1.82, 2.24) is 0 Å². The van der Waals surface area contributed by atoms with Gasteiger partial charge < -0.3 is 14.8 Å². The number of benzene rings is 3. The van der Waals surface area contributed by atoms with Crippen molar-refractivity contribution < 1.29 is 23.6 Å². The van der Waals surface area contributed by atoms with Gasteiger partial charge in [-0.3, -0.25) is 14.9 Å². The summed E-state index contributed by atoms with van der Waals surface area (Å²) < 4.78 is 24.6. The first-order valence-corrected chi connectivity index (χ1v) is 8.70. The van der Waals surface area contributed by atoms with Crippen LogP contribution in [-0.2, 0) is 4.79 Å². The Bertz CT molecular complexity index is 1060. The first kappa shape index (κ1) is 20.1. The maximum Gasteiger partial charge on any atom is 0.305 e. The maximum atomic E-state index is 13.6. The molecule has 0 saturated carbocycles. The highest BCUT2D eigenvalue weighted by Gasteiger charge is 2.15. The largest absolute Gasteiger partial charge is 0.484 e. The van der Waals surface area contributed by atoms with Crippen molar-refractivity contribution in [3.8, 4) is 17.2 Å². The van der Waals surface area contributed by atoms with E-state index < -0.39 is 28.9 Å². The van der Waals surface area contributed by atoms with Crippen molar-refractivity contribution in [3.05, 3.63) is 87.7 Å². The molecule has 1 amide bonds. The van der Waals surface area contributed by atoms with Crippen molar-refractivity contribution in [2.75, 3.05) is 11.9 Å². The number of hydrogen-bond donors (Lipinski definition) is 1. The molecule has 0 aliphatic rings. The minimum Gasteiger partial charge on any atom is -0.484 e. The van der Waals surface area contributed by atoms with Crippen molar-refractivity contribution in [2.24, 2.45) is 0 Å². The Balaban J connectivity index is 1.65. The van der Waals surface area contributed by atoms with Gasteiger partial charge in [-0.2, -0.15) is 4.39 Å². The highest BCUT2D eigenvalue weighted by Crippen LogP contribution is 2.33. The van der Waals surface area contributed by atoms with E-state index >= 15 is 0 Å². The molecule has 0 aliphatic carbocycles. The Morgan fingerprint density at radius 1 is 1.07 bits per heavy atom. The molecule has 0 heterocycles. The first-order valence-electron chi connectivity index (χ1n) is 8.32. The van der Waals surface area contributed by atoms with Crippen molar-refractivity contribution in [3.63, 3.8) is 0 Å². The van der Waals surface area contributed by atoms with E-state index in [4.69, 9.17) is 21.1 Å². The number of nitrogens with zero attached hydrogens (tertiary/aromatic N) is 1. The zero-order valence-electron chi connectivity index (χ0n) is 14.8. The molecule has 0 aliphatic heterocycles. The standard InChI is InChI=1S/C20H14ClFN2O5/c21-14-5-1-3-7-18(14)29-19-8-4-2-6-16(19)23-20(25)12-28-13-9-10-17(24(26)27)15(22)11-13/h1-11H,12H2,(H,23,25). The number of amides is 1. The summed E-state index contributed by atoms with van der Waals surface area (Å²) in [5.41, 5.74) is -0.289. The lowest BCUT2D eigenvalue weighted by Crippen LogP contribution is -2.20. The number of nitrogens with one attached hydrogen (secondary N) is 1. The molecular formula is C20H14ClFN2O5. The van der Waals surface area contributed by atoms with Gasteiger partial charge in [0, 0.05) is 12.1 Å². The highest BCUT2D eigenvalue weighted by atomic mass is 35.5. The number of hydrogen-bond acceptors (Lipinski definition) is 5. The van der Waals surface area contributed by atoms with Crippen LogP contribution in [0, 0.1) is 15.9 Å². The number of rotatable bonds is 7. The van der Waals surface area contributed by atoms with Gasteiger partial charge in [0.05, 0.1) is 15.6 Å². The van der Waals surface area contributed by atoms with Gasteiger partial charge in [0.15, 0.2) is 12.4 Å². The molecule has 0 spiro atoms. The van der Waals surface area contributed by atoms with Gasteiger partial charge in [-0.25, -0.2) is 0 Å². The second-order valence-electron chi connectivity index (χ2n) is 5.74. The lowest BCUT2D eigenvalue weighted by molar-refractivity contribution is -0.387. The molecule has 0 unspecified atom stereocenters. The third-order valence-corrected chi connectivity index (χ3v) is 4.02. The number of carbonyl (C=O) groups is 1. The second-order valence-corrected chi connectivity index (χ2v) is 6.14. The van der Waals surface area contributed by atoms with Crippen LogP contribution in [0.1, 0.15) is 0 Å². The minimum atomic E-state index is -1.05. The summed E-state index contributed by atoms with van der Waals surface area (Å²) in [4.78, 5) is 22.0. The fraction of sp³-hybridized carbons (Fsp3) is 0.0500. The smallest absolute Gasteiger partial charge is 0.305 e. The molecule has 3 aromatic rings. The molecule has 1 N–H and O–H groups in total. The van der Waals surface area contributed by atoms with Crippen LogP contribution in [0.5, 0.6) is 17.2 Å². The number of carbonyl (C=O) groups excluding carboxylic acids is 1. The Hall–Kier alpha value is -3.65. The van der Waals surface area contributed by atoms with E-state index in [1.165, 1.54) is 6.07 Å². The summed E-state index contributed by atoms with van der Waals surface area (Å²) in [5, 5.41) is 13.7. The van der Waals surface area contributed by atoms with E-state index in [9.17, 15) is 19.3 Å². The topological polar surface area (TPSA) is 90.7 Å². The van der Waals surface area contributed by atoms with Gasteiger partial charge in [0.2, 0.25) is 5.82 Å². The minimum absolute atomic E-state index is 0.0103. The van der Waals surface area contributed by atoms with E-state index in [1.807, 2.05) is 0 Å². The van der Waals surface area contributed by atoms with E-state index in [0.29, 0.717) is 22.2 Å². The van der Waals surface area contributed by atoms with Crippen molar-refractivity contribution >= 4 is 28.9 Å². The molecule has 9 heteroatoms. The van der Waals surface area contributed by atoms with Gasteiger partial charge in [-0.15, -0.1) is 0 Å². The Morgan fingerprint density at radius 3 is 2.45 bits per heavy atom. The van der Waals surface area contributed by atoms with Crippen molar-refractivity contribution in [2.45, 2.75) is 0 Å². The molecule has 0 saturated heterocycles. The zero-order chi connectivity index (χ0) is 20.8. The number of nitro benzene ring substituents is 1. The van der Waals surface area contributed by atoms with Gasteiger partial charge in [0.1, 0.15) is 11.5 Å². The van der Waals surface area contributed by atoms with Crippen LogP contribution in [0.25, 0.3) is 0 Å². The van der Waals surface area contributed by atoms with E-state index in [-0.39, 0.29) is 5.75 Å². The Kier molecular flexibility index (Phi) is 6.25. The molecule has 0 radical (unpaired) electrons. The second kappa shape index (κ2) is 9.03. The van der Waals surface area contributed by atoms with E-state index in [2.05, 4.69) is 5.32 Å². The van der Waals surface area contributed by atoms with Crippen LogP contribution in [-0.4, -0.2) is 17.4 Å². The summed E-state index contributed by atoms with van der Waals surface area (Å²) in [6.07, 6.45) is 0. The van der Waals surface area contributed by atoms with Crippen LogP contribution in [0.15, 0.2) is 66.7 Å². The molecule has 3 rings (SSSR count). The fourth-order valence-corrected chi connectivity index (χ4v) is 2.54. The normalized spacial score (nSPS) is 10.3. The van der Waals surface area contributed by atoms with E-state index in [1.54, 1.807) is 48.5 Å². The average molecular weight is 417 g/mol. The number of anilines is 1. The average Bonchev–Trinajstić information content (AvgIpc) is 2.69. The van der Waals surface area contributed by atoms with Gasteiger partial charge in [0.25, 0.3) is 5.91 Å². The molecule has 3 aromatic carbocycles. The molecule has 0 fully saturated rings. The molecule has 29 heavy (non-hydrogen) atoms. The summed E-state index contributed by atoms with van der Waals surface area (Å²) in [5.74, 6) is -0.794. The predicted octanol–water partition coefficient (Wildman–Crippen LogP) is 5.20. The van der Waals surface area contributed by atoms with Crippen LogP contribution in [0.4, 0.5) is 15.8 Å². The SMILES string of the molecule is O=C(COc1ccc([N+](=O)[O-])c(F)c1)Nc1ccccc1Oc1ccccc1Cl. The summed E-state index contributed by atoms with van der Waals surface area (Å²) in [6, 6.07) is 16.7. The predicted molar refractivity (Wildman–Crippen MR) is 105 cm³/mol. The third-order valence-electron chi connectivity index (χ3n) is 3.70. The maximum absolute atomic E-state index is 13.6. The lowest BCUT2D eigenvalue weighted by Gasteiger charge is -2.13. The first-order chi connectivity index (χ1) is 13.9. The van der Waals surface area contributed by atoms with E-state index in [0.717, 1.165) is 12.1 Å². The van der Waals surface area contributed by atoms with Gasteiger partial charge >= 0.3 is 5.69 Å². The van der Waals surface area contributed by atoms with Crippen LogP contribution < -0.4 is 14.8 Å². The van der Waals surface area contributed by atoms with Gasteiger partial charge in [-0.05, 0) is 30.3 Å². The lowest BCUT2D eigenvalue weighted by atomic mass is 10.2. The van der Waals surface area contributed by atoms with Crippen LogP contribution in [0.2, 0.25) is 5.02 Å². The molecular weight excluding hydrogens is 403 g/mol.